The molecule has 2 N–H and O–H groups in total. The van der Waals surface area contributed by atoms with Gasteiger partial charge in [0.05, 0.1) is 11.4 Å². The third-order valence-electron chi connectivity index (χ3n) is 4.48. The highest BCUT2D eigenvalue weighted by molar-refractivity contribution is 5.97. The lowest BCUT2D eigenvalue weighted by molar-refractivity contribution is 0.323. The van der Waals surface area contributed by atoms with Gasteiger partial charge in [0.2, 0.25) is 0 Å². The van der Waals surface area contributed by atoms with E-state index in [1.165, 1.54) is 37.0 Å². The van der Waals surface area contributed by atoms with Crippen molar-refractivity contribution in [3.05, 3.63) is 17.1 Å². The van der Waals surface area contributed by atoms with Gasteiger partial charge in [-0.2, -0.15) is 10.2 Å². The van der Waals surface area contributed by atoms with Crippen molar-refractivity contribution in [2.75, 3.05) is 25.4 Å². The zero-order valence-electron chi connectivity index (χ0n) is 12.6. The molecule has 5 heteroatoms. The summed E-state index contributed by atoms with van der Waals surface area (Å²) in [6.45, 7) is 10.6. The van der Waals surface area contributed by atoms with Gasteiger partial charge in [0.1, 0.15) is 5.82 Å². The van der Waals surface area contributed by atoms with Gasteiger partial charge in [0.15, 0.2) is 0 Å². The van der Waals surface area contributed by atoms with Crippen LogP contribution in [-0.4, -0.2) is 39.3 Å². The molecule has 1 aliphatic heterocycles. The SMILES string of the molecule is Cc1nnc(C)c2c(N)n(CCN3CCCC3)c(C)c12. The van der Waals surface area contributed by atoms with Gasteiger partial charge in [0.25, 0.3) is 0 Å². The summed E-state index contributed by atoms with van der Waals surface area (Å²) in [5, 5.41) is 10.7. The van der Waals surface area contributed by atoms with Crippen LogP contribution in [0.2, 0.25) is 0 Å². The lowest BCUT2D eigenvalue weighted by Crippen LogP contribution is -2.24. The minimum Gasteiger partial charge on any atom is -0.385 e. The van der Waals surface area contributed by atoms with Crippen molar-refractivity contribution in [1.29, 1.82) is 0 Å². The molecule has 0 bridgehead atoms. The van der Waals surface area contributed by atoms with Gasteiger partial charge in [-0.1, -0.05) is 0 Å². The van der Waals surface area contributed by atoms with E-state index in [0.29, 0.717) is 0 Å². The van der Waals surface area contributed by atoms with E-state index in [2.05, 4.69) is 26.6 Å². The summed E-state index contributed by atoms with van der Waals surface area (Å²) in [4.78, 5) is 2.51. The summed E-state index contributed by atoms with van der Waals surface area (Å²) < 4.78 is 2.23. The number of likely N-dealkylation sites (tertiary alicyclic amines) is 1. The average molecular weight is 273 g/mol. The van der Waals surface area contributed by atoms with Gasteiger partial charge >= 0.3 is 0 Å². The number of nitrogens with zero attached hydrogens (tertiary/aromatic N) is 4. The lowest BCUT2D eigenvalue weighted by Gasteiger charge is -2.16. The van der Waals surface area contributed by atoms with Crippen molar-refractivity contribution in [1.82, 2.24) is 19.7 Å². The summed E-state index contributed by atoms with van der Waals surface area (Å²) >= 11 is 0. The van der Waals surface area contributed by atoms with Crippen LogP contribution in [0.3, 0.4) is 0 Å². The van der Waals surface area contributed by atoms with E-state index in [1.807, 2.05) is 13.8 Å². The van der Waals surface area contributed by atoms with Crippen LogP contribution >= 0.6 is 0 Å². The molecule has 0 saturated carbocycles. The Hall–Kier alpha value is -1.62. The standard InChI is InChI=1S/C15H23N5/c1-10-13-12(3)20(9-8-19-6-4-5-7-19)15(16)14(13)11(2)18-17-10/h4-9,16H2,1-3H3. The molecule has 0 amide bonds. The van der Waals surface area contributed by atoms with E-state index >= 15 is 0 Å². The molecule has 0 unspecified atom stereocenters. The van der Waals surface area contributed by atoms with Crippen LogP contribution in [0, 0.1) is 20.8 Å². The fraction of sp³-hybridized carbons (Fsp3) is 0.600. The van der Waals surface area contributed by atoms with Gasteiger partial charge in [-0.05, 0) is 46.7 Å². The smallest absolute Gasteiger partial charge is 0.113 e. The Labute approximate surface area is 119 Å². The van der Waals surface area contributed by atoms with Crippen LogP contribution in [0.1, 0.15) is 29.9 Å². The highest BCUT2D eigenvalue weighted by atomic mass is 15.2. The van der Waals surface area contributed by atoms with Gasteiger partial charge < -0.3 is 15.2 Å². The summed E-state index contributed by atoms with van der Waals surface area (Å²) in [6, 6.07) is 0. The number of rotatable bonds is 3. The van der Waals surface area contributed by atoms with E-state index < -0.39 is 0 Å². The minimum atomic E-state index is 0.840. The summed E-state index contributed by atoms with van der Waals surface area (Å²) in [7, 11) is 0. The molecule has 0 atom stereocenters. The van der Waals surface area contributed by atoms with Crippen molar-refractivity contribution >= 4 is 16.6 Å². The maximum atomic E-state index is 6.37. The first-order valence-electron chi connectivity index (χ1n) is 7.40. The number of aromatic nitrogens is 3. The Morgan fingerprint density at radius 2 is 1.55 bits per heavy atom. The second-order valence-electron chi connectivity index (χ2n) is 5.79. The number of aryl methyl sites for hydroxylation is 3. The van der Waals surface area contributed by atoms with Gasteiger partial charge in [0, 0.05) is 29.6 Å². The molecule has 0 spiro atoms. The fourth-order valence-corrected chi connectivity index (χ4v) is 3.35. The van der Waals surface area contributed by atoms with Gasteiger partial charge in [-0.15, -0.1) is 0 Å². The molecule has 2 aromatic rings. The summed E-state index contributed by atoms with van der Waals surface area (Å²) in [5.41, 5.74) is 9.48. The first-order chi connectivity index (χ1) is 9.59. The summed E-state index contributed by atoms with van der Waals surface area (Å²) in [6.07, 6.45) is 2.66. The molecular weight excluding hydrogens is 250 g/mol. The Kier molecular flexibility index (Phi) is 3.38. The van der Waals surface area contributed by atoms with Crippen molar-refractivity contribution in [2.24, 2.45) is 0 Å². The van der Waals surface area contributed by atoms with Gasteiger partial charge in [-0.3, -0.25) is 0 Å². The molecule has 3 rings (SSSR count). The average Bonchev–Trinajstić information content (AvgIpc) is 3.01. The molecular formula is C15H23N5. The van der Waals surface area contributed by atoms with E-state index in [-0.39, 0.29) is 0 Å². The zero-order valence-corrected chi connectivity index (χ0v) is 12.6. The van der Waals surface area contributed by atoms with Crippen LogP contribution in [0.4, 0.5) is 5.82 Å². The Morgan fingerprint density at radius 3 is 2.15 bits per heavy atom. The molecule has 1 saturated heterocycles. The minimum absolute atomic E-state index is 0.840. The van der Waals surface area contributed by atoms with Gasteiger partial charge in [-0.25, -0.2) is 0 Å². The molecule has 0 aromatic carbocycles. The van der Waals surface area contributed by atoms with Crippen molar-refractivity contribution in [3.8, 4) is 0 Å². The number of nitrogens with two attached hydrogens (primary N) is 1. The monoisotopic (exact) mass is 273 g/mol. The predicted molar refractivity (Wildman–Crippen MR) is 81.8 cm³/mol. The van der Waals surface area contributed by atoms with E-state index in [1.54, 1.807) is 0 Å². The van der Waals surface area contributed by atoms with Crippen molar-refractivity contribution in [3.63, 3.8) is 0 Å². The quantitative estimate of drug-likeness (QED) is 0.929. The maximum Gasteiger partial charge on any atom is 0.113 e. The number of nitrogen functional groups attached to an aromatic ring is 1. The number of hydrogen-bond acceptors (Lipinski definition) is 4. The molecule has 3 heterocycles. The van der Waals surface area contributed by atoms with Crippen LogP contribution in [-0.2, 0) is 6.54 Å². The van der Waals surface area contributed by atoms with Crippen LogP contribution in [0.5, 0.6) is 0 Å². The molecule has 1 fully saturated rings. The maximum absolute atomic E-state index is 6.37. The second-order valence-corrected chi connectivity index (χ2v) is 5.79. The van der Waals surface area contributed by atoms with Crippen LogP contribution in [0.15, 0.2) is 0 Å². The lowest BCUT2D eigenvalue weighted by atomic mass is 10.1. The molecule has 5 nitrogen and oxygen atoms in total. The molecule has 20 heavy (non-hydrogen) atoms. The first kappa shape index (κ1) is 13.4. The van der Waals surface area contributed by atoms with Crippen LogP contribution in [0.25, 0.3) is 10.8 Å². The Bertz CT molecular complexity index is 592. The molecule has 0 radical (unpaired) electrons. The Morgan fingerprint density at radius 1 is 0.950 bits per heavy atom. The number of anilines is 1. The normalized spacial score (nSPS) is 16.4. The van der Waals surface area contributed by atoms with E-state index in [4.69, 9.17) is 5.73 Å². The molecule has 0 aliphatic carbocycles. The first-order valence-corrected chi connectivity index (χ1v) is 7.40. The molecule has 108 valence electrons. The highest BCUT2D eigenvalue weighted by Crippen LogP contribution is 2.31. The summed E-state index contributed by atoms with van der Waals surface area (Å²) in [5.74, 6) is 0.840. The predicted octanol–water partition coefficient (Wildman–Crippen LogP) is 2.03. The molecule has 1 aliphatic rings. The zero-order chi connectivity index (χ0) is 14.3. The van der Waals surface area contributed by atoms with Crippen molar-refractivity contribution in [2.45, 2.75) is 40.2 Å². The molecule has 2 aromatic heterocycles. The third kappa shape index (κ3) is 2.06. The highest BCUT2D eigenvalue weighted by Gasteiger charge is 2.18. The second kappa shape index (κ2) is 5.05. The topological polar surface area (TPSA) is 60.0 Å². The third-order valence-corrected chi connectivity index (χ3v) is 4.48. The van der Waals surface area contributed by atoms with Crippen molar-refractivity contribution < 1.29 is 0 Å². The number of hydrogen-bond donors (Lipinski definition) is 1. The van der Waals surface area contributed by atoms with E-state index in [9.17, 15) is 0 Å². The largest absolute Gasteiger partial charge is 0.385 e. The van der Waals surface area contributed by atoms with Crippen LogP contribution < -0.4 is 5.73 Å². The van der Waals surface area contributed by atoms with E-state index in [0.717, 1.165) is 35.7 Å². The number of fused-ring (bicyclic) bond motifs is 1. The Balaban J connectivity index is 1.98. The fourth-order valence-electron chi connectivity index (χ4n) is 3.35.